The van der Waals surface area contributed by atoms with Crippen LogP contribution in [-0.2, 0) is 14.6 Å². The summed E-state index contributed by atoms with van der Waals surface area (Å²) in [6, 6.07) is 1.22. The standard InChI is InChI=1S/C20H25F2N3O4S/c1-13(12-30(2,26)27)11-28-16-3-5-17(6-4-16)29-20-18(22)7-14(8-25-20)19-23-9-15(21)10-24-19/h7-10,13,16-17H,3-6,11-12H2,1-2H3/t13-,16?,17?/m0/s1. The van der Waals surface area contributed by atoms with Gasteiger partial charge in [0.1, 0.15) is 15.9 Å². The number of hydrogen-bond donors (Lipinski definition) is 0. The Hall–Kier alpha value is -2.20. The number of halogens is 2. The summed E-state index contributed by atoms with van der Waals surface area (Å²) in [5.74, 6) is -1.07. The summed E-state index contributed by atoms with van der Waals surface area (Å²) < 4.78 is 61.5. The van der Waals surface area contributed by atoms with Crippen LogP contribution in [0.1, 0.15) is 32.6 Å². The molecule has 0 bridgehead atoms. The van der Waals surface area contributed by atoms with Gasteiger partial charge in [0.05, 0.1) is 30.9 Å². The van der Waals surface area contributed by atoms with Gasteiger partial charge in [0.2, 0.25) is 0 Å². The maximum Gasteiger partial charge on any atom is 0.250 e. The Balaban J connectivity index is 1.48. The minimum absolute atomic E-state index is 0.0441. The highest BCUT2D eigenvalue weighted by Gasteiger charge is 2.25. The third-order valence-electron chi connectivity index (χ3n) is 4.79. The van der Waals surface area contributed by atoms with Gasteiger partial charge in [0.25, 0.3) is 5.88 Å². The second-order valence-corrected chi connectivity index (χ2v) is 9.97. The normalized spacial score (nSPS) is 20.7. The maximum atomic E-state index is 14.4. The average Bonchev–Trinajstić information content (AvgIpc) is 2.68. The zero-order valence-corrected chi connectivity index (χ0v) is 17.7. The summed E-state index contributed by atoms with van der Waals surface area (Å²) in [6.07, 6.45) is 7.38. The summed E-state index contributed by atoms with van der Waals surface area (Å²) in [5.41, 5.74) is 0.333. The molecule has 1 saturated carbocycles. The third kappa shape index (κ3) is 6.66. The molecule has 0 unspecified atom stereocenters. The van der Waals surface area contributed by atoms with E-state index in [9.17, 15) is 17.2 Å². The summed E-state index contributed by atoms with van der Waals surface area (Å²) in [5, 5.41) is 0. The Labute approximate surface area is 174 Å². The fourth-order valence-corrected chi connectivity index (χ4v) is 4.57. The first-order valence-corrected chi connectivity index (χ1v) is 11.8. The Bertz CT molecular complexity index is 949. The summed E-state index contributed by atoms with van der Waals surface area (Å²) in [4.78, 5) is 11.6. The molecule has 1 fully saturated rings. The first-order chi connectivity index (χ1) is 14.2. The fourth-order valence-electron chi connectivity index (χ4n) is 3.44. The van der Waals surface area contributed by atoms with Crippen molar-refractivity contribution in [1.29, 1.82) is 0 Å². The molecular weight excluding hydrogens is 416 g/mol. The number of rotatable bonds is 8. The lowest BCUT2D eigenvalue weighted by atomic mass is 9.95. The highest BCUT2D eigenvalue weighted by molar-refractivity contribution is 7.90. The first kappa shape index (κ1) is 22.5. The number of pyridine rings is 1. The average molecular weight is 442 g/mol. The molecule has 0 aliphatic heterocycles. The Kier molecular flexibility index (Phi) is 7.30. The first-order valence-electron chi connectivity index (χ1n) is 9.79. The topological polar surface area (TPSA) is 91.3 Å². The van der Waals surface area contributed by atoms with Crippen molar-refractivity contribution in [1.82, 2.24) is 15.0 Å². The Morgan fingerprint density at radius 2 is 1.70 bits per heavy atom. The second kappa shape index (κ2) is 9.74. The van der Waals surface area contributed by atoms with Crippen LogP contribution >= 0.6 is 0 Å². The molecule has 0 aromatic carbocycles. The van der Waals surface area contributed by atoms with Crippen LogP contribution in [0.5, 0.6) is 5.88 Å². The van der Waals surface area contributed by atoms with Gasteiger partial charge in [-0.1, -0.05) is 6.92 Å². The van der Waals surface area contributed by atoms with E-state index in [4.69, 9.17) is 9.47 Å². The van der Waals surface area contributed by atoms with Crippen LogP contribution in [0, 0.1) is 17.6 Å². The highest BCUT2D eigenvalue weighted by Crippen LogP contribution is 2.27. The van der Waals surface area contributed by atoms with Crippen LogP contribution in [-0.4, -0.2) is 54.2 Å². The van der Waals surface area contributed by atoms with Gasteiger partial charge in [0.15, 0.2) is 17.5 Å². The summed E-state index contributed by atoms with van der Waals surface area (Å²) in [7, 11) is -3.01. The van der Waals surface area contributed by atoms with Gasteiger partial charge in [0, 0.05) is 18.0 Å². The van der Waals surface area contributed by atoms with Crippen LogP contribution in [0.15, 0.2) is 24.7 Å². The van der Waals surface area contributed by atoms with Crippen molar-refractivity contribution in [3.63, 3.8) is 0 Å². The third-order valence-corrected chi connectivity index (χ3v) is 5.96. The van der Waals surface area contributed by atoms with Gasteiger partial charge in [-0.15, -0.1) is 0 Å². The fraction of sp³-hybridized carbons (Fsp3) is 0.550. The molecule has 1 atom stereocenters. The Morgan fingerprint density at radius 3 is 2.30 bits per heavy atom. The van der Waals surface area contributed by atoms with Gasteiger partial charge < -0.3 is 9.47 Å². The van der Waals surface area contributed by atoms with Crippen molar-refractivity contribution < 1.29 is 26.7 Å². The van der Waals surface area contributed by atoms with Crippen LogP contribution in [0.25, 0.3) is 11.4 Å². The van der Waals surface area contributed by atoms with E-state index in [0.717, 1.165) is 25.2 Å². The zero-order valence-electron chi connectivity index (χ0n) is 16.9. The smallest absolute Gasteiger partial charge is 0.250 e. The second-order valence-electron chi connectivity index (χ2n) is 7.78. The van der Waals surface area contributed by atoms with Crippen molar-refractivity contribution >= 4 is 9.84 Å². The van der Waals surface area contributed by atoms with E-state index in [1.54, 1.807) is 0 Å². The number of ether oxygens (including phenoxy) is 2. The van der Waals surface area contributed by atoms with Crippen molar-refractivity contribution in [2.24, 2.45) is 5.92 Å². The summed E-state index contributed by atoms with van der Waals surface area (Å²) in [6.45, 7) is 2.25. The highest BCUT2D eigenvalue weighted by atomic mass is 32.2. The molecule has 1 aliphatic carbocycles. The van der Waals surface area contributed by atoms with E-state index >= 15 is 0 Å². The van der Waals surface area contributed by atoms with E-state index in [-0.39, 0.29) is 35.6 Å². The maximum absolute atomic E-state index is 14.4. The van der Waals surface area contributed by atoms with E-state index in [2.05, 4.69) is 15.0 Å². The van der Waals surface area contributed by atoms with E-state index in [1.165, 1.54) is 18.5 Å². The molecule has 164 valence electrons. The van der Waals surface area contributed by atoms with Gasteiger partial charge in [-0.2, -0.15) is 0 Å². The van der Waals surface area contributed by atoms with Gasteiger partial charge in [-0.3, -0.25) is 0 Å². The molecule has 1 aliphatic rings. The molecule has 30 heavy (non-hydrogen) atoms. The lowest BCUT2D eigenvalue weighted by Crippen LogP contribution is -2.30. The number of sulfone groups is 1. The molecule has 3 rings (SSSR count). The quantitative estimate of drug-likeness (QED) is 0.621. The van der Waals surface area contributed by atoms with Crippen molar-refractivity contribution in [3.05, 3.63) is 36.3 Å². The monoisotopic (exact) mass is 441 g/mol. The minimum atomic E-state index is -3.01. The van der Waals surface area contributed by atoms with Crippen LogP contribution < -0.4 is 4.74 Å². The molecule has 10 heteroatoms. The predicted molar refractivity (Wildman–Crippen MR) is 107 cm³/mol. The molecule has 2 aromatic rings. The molecule has 0 saturated heterocycles. The van der Waals surface area contributed by atoms with Crippen molar-refractivity contribution in [2.45, 2.75) is 44.8 Å². The van der Waals surface area contributed by atoms with Gasteiger partial charge >= 0.3 is 0 Å². The summed E-state index contributed by atoms with van der Waals surface area (Å²) >= 11 is 0. The number of aromatic nitrogens is 3. The van der Waals surface area contributed by atoms with E-state index < -0.39 is 21.5 Å². The largest absolute Gasteiger partial charge is 0.472 e. The molecule has 0 N–H and O–H groups in total. The van der Waals surface area contributed by atoms with Crippen molar-refractivity contribution in [2.75, 3.05) is 18.6 Å². The van der Waals surface area contributed by atoms with Crippen molar-refractivity contribution in [3.8, 4) is 17.3 Å². The molecule has 0 radical (unpaired) electrons. The van der Waals surface area contributed by atoms with Gasteiger partial charge in [-0.25, -0.2) is 32.2 Å². The number of nitrogens with zero attached hydrogens (tertiary/aromatic N) is 3. The van der Waals surface area contributed by atoms with E-state index in [0.29, 0.717) is 25.0 Å². The molecular formula is C20H25F2N3O4S. The molecule has 0 spiro atoms. The Morgan fingerprint density at radius 1 is 1.07 bits per heavy atom. The zero-order chi connectivity index (χ0) is 21.7. The number of hydrogen-bond acceptors (Lipinski definition) is 7. The minimum Gasteiger partial charge on any atom is -0.472 e. The van der Waals surface area contributed by atoms with Crippen LogP contribution in [0.4, 0.5) is 8.78 Å². The molecule has 0 amide bonds. The van der Waals surface area contributed by atoms with Gasteiger partial charge in [-0.05, 0) is 37.7 Å². The SMILES string of the molecule is C[C@@H](COC1CCC(Oc2ncc(-c3ncc(F)cn3)cc2F)CC1)CS(C)(=O)=O. The molecule has 2 aromatic heterocycles. The molecule has 7 nitrogen and oxygen atoms in total. The van der Waals surface area contributed by atoms with E-state index in [1.807, 2.05) is 6.92 Å². The lowest BCUT2D eigenvalue weighted by Gasteiger charge is -2.29. The van der Waals surface area contributed by atoms with Crippen LogP contribution in [0.3, 0.4) is 0 Å². The predicted octanol–water partition coefficient (Wildman–Crippen LogP) is 3.20. The van der Waals surface area contributed by atoms with Crippen LogP contribution in [0.2, 0.25) is 0 Å². The molecule has 2 heterocycles. The lowest BCUT2D eigenvalue weighted by molar-refractivity contribution is -0.00923.